The average Bonchev–Trinajstić information content (AvgIpc) is 3.41. The molecule has 1 aliphatic carbocycles. The Labute approximate surface area is 168 Å². The molecule has 0 radical (unpaired) electrons. The number of hydrogen-bond donors (Lipinski definition) is 2. The molecule has 4 rings (SSSR count). The molecule has 1 aromatic heterocycles. The van der Waals surface area contributed by atoms with Crippen LogP contribution in [0.2, 0.25) is 0 Å². The first-order chi connectivity index (χ1) is 14.1. The van der Waals surface area contributed by atoms with Gasteiger partial charge in [-0.1, -0.05) is 47.1 Å². The van der Waals surface area contributed by atoms with E-state index in [0.29, 0.717) is 29.4 Å². The van der Waals surface area contributed by atoms with E-state index in [2.05, 4.69) is 20.8 Å². The molecular formula is C22H22N4O3. The molecule has 0 spiro atoms. The van der Waals surface area contributed by atoms with Gasteiger partial charge >= 0.3 is 0 Å². The molecule has 7 nitrogen and oxygen atoms in total. The maximum atomic E-state index is 12.4. The largest absolute Gasteiger partial charge is 0.349 e. The fourth-order valence-electron chi connectivity index (χ4n) is 2.89. The standard InChI is InChI=1S/C22H22N4O3/c1-14-6-8-15(9-7-14)21-25-20(29-26-21)13-12-19(27)24-18-5-3-2-4-17(18)22(28)23-16-10-11-16/h2-9,16H,10-13H2,1H3,(H,23,28)(H,24,27). The summed E-state index contributed by atoms with van der Waals surface area (Å²) in [7, 11) is 0. The highest BCUT2D eigenvalue weighted by Gasteiger charge is 2.25. The molecule has 0 aliphatic heterocycles. The molecule has 1 fully saturated rings. The van der Waals surface area contributed by atoms with Crippen LogP contribution in [0.4, 0.5) is 5.69 Å². The number of anilines is 1. The molecular weight excluding hydrogens is 368 g/mol. The molecule has 0 bridgehead atoms. The maximum absolute atomic E-state index is 12.4. The average molecular weight is 390 g/mol. The summed E-state index contributed by atoms with van der Waals surface area (Å²) in [5, 5.41) is 9.73. The van der Waals surface area contributed by atoms with Crippen LogP contribution in [-0.2, 0) is 11.2 Å². The zero-order valence-corrected chi connectivity index (χ0v) is 16.1. The summed E-state index contributed by atoms with van der Waals surface area (Å²) in [6.45, 7) is 2.01. The van der Waals surface area contributed by atoms with E-state index in [0.717, 1.165) is 24.0 Å². The van der Waals surface area contributed by atoms with Crippen molar-refractivity contribution >= 4 is 17.5 Å². The monoisotopic (exact) mass is 390 g/mol. The Kier molecular flexibility index (Phi) is 5.37. The third-order valence-electron chi connectivity index (χ3n) is 4.70. The molecule has 2 amide bonds. The summed E-state index contributed by atoms with van der Waals surface area (Å²) >= 11 is 0. The van der Waals surface area contributed by atoms with Crippen molar-refractivity contribution in [2.24, 2.45) is 0 Å². The Balaban J connectivity index is 1.35. The van der Waals surface area contributed by atoms with Crippen molar-refractivity contribution in [1.82, 2.24) is 15.5 Å². The molecule has 2 aromatic carbocycles. The van der Waals surface area contributed by atoms with Crippen LogP contribution in [0.5, 0.6) is 0 Å². The lowest BCUT2D eigenvalue weighted by Gasteiger charge is -2.10. The second kappa shape index (κ2) is 8.26. The van der Waals surface area contributed by atoms with Crippen molar-refractivity contribution in [3.63, 3.8) is 0 Å². The van der Waals surface area contributed by atoms with Crippen LogP contribution >= 0.6 is 0 Å². The third kappa shape index (κ3) is 4.87. The highest BCUT2D eigenvalue weighted by molar-refractivity contribution is 6.03. The number of aryl methyl sites for hydroxylation is 2. The molecule has 1 saturated carbocycles. The predicted molar refractivity (Wildman–Crippen MR) is 108 cm³/mol. The fourth-order valence-corrected chi connectivity index (χ4v) is 2.89. The minimum Gasteiger partial charge on any atom is -0.349 e. The summed E-state index contributed by atoms with van der Waals surface area (Å²) in [6.07, 6.45) is 2.51. The van der Waals surface area contributed by atoms with E-state index in [1.54, 1.807) is 24.3 Å². The van der Waals surface area contributed by atoms with Gasteiger partial charge in [0.2, 0.25) is 17.6 Å². The van der Waals surface area contributed by atoms with E-state index in [1.807, 2.05) is 31.2 Å². The van der Waals surface area contributed by atoms with Gasteiger partial charge in [0.1, 0.15) is 0 Å². The fraction of sp³-hybridized carbons (Fsp3) is 0.273. The number of amides is 2. The Morgan fingerprint density at radius 2 is 1.86 bits per heavy atom. The summed E-state index contributed by atoms with van der Waals surface area (Å²) in [4.78, 5) is 29.1. The van der Waals surface area contributed by atoms with Gasteiger partial charge in [0, 0.05) is 24.4 Å². The molecule has 148 valence electrons. The number of para-hydroxylation sites is 1. The minimum absolute atomic E-state index is 0.164. The van der Waals surface area contributed by atoms with Gasteiger partial charge in [0.25, 0.3) is 5.91 Å². The molecule has 1 heterocycles. The van der Waals surface area contributed by atoms with Crippen molar-refractivity contribution in [1.29, 1.82) is 0 Å². The van der Waals surface area contributed by atoms with E-state index in [4.69, 9.17) is 4.52 Å². The SMILES string of the molecule is Cc1ccc(-c2noc(CCC(=O)Nc3ccccc3C(=O)NC3CC3)n2)cc1. The predicted octanol–water partition coefficient (Wildman–Crippen LogP) is 3.51. The van der Waals surface area contributed by atoms with Crippen LogP contribution < -0.4 is 10.6 Å². The van der Waals surface area contributed by atoms with Crippen molar-refractivity contribution in [2.75, 3.05) is 5.32 Å². The molecule has 29 heavy (non-hydrogen) atoms. The number of nitrogens with one attached hydrogen (secondary N) is 2. The highest BCUT2D eigenvalue weighted by atomic mass is 16.5. The smallest absolute Gasteiger partial charge is 0.253 e. The number of hydrogen-bond acceptors (Lipinski definition) is 5. The minimum atomic E-state index is -0.216. The summed E-state index contributed by atoms with van der Waals surface area (Å²) in [5.41, 5.74) is 2.99. The lowest BCUT2D eigenvalue weighted by Crippen LogP contribution is -2.27. The number of benzene rings is 2. The second-order valence-corrected chi connectivity index (χ2v) is 7.22. The van der Waals surface area contributed by atoms with E-state index in [1.165, 1.54) is 0 Å². The number of carbonyl (C=O) groups is 2. The molecule has 0 atom stereocenters. The van der Waals surface area contributed by atoms with Crippen LogP contribution in [-0.4, -0.2) is 28.0 Å². The first-order valence-corrected chi connectivity index (χ1v) is 9.68. The first kappa shape index (κ1) is 18.9. The quantitative estimate of drug-likeness (QED) is 0.643. The van der Waals surface area contributed by atoms with Crippen LogP contribution in [0.15, 0.2) is 53.1 Å². The van der Waals surface area contributed by atoms with Gasteiger partial charge < -0.3 is 15.2 Å². The van der Waals surface area contributed by atoms with Gasteiger partial charge in [-0.15, -0.1) is 0 Å². The van der Waals surface area contributed by atoms with E-state index in [-0.39, 0.29) is 24.3 Å². The molecule has 0 saturated heterocycles. The maximum Gasteiger partial charge on any atom is 0.253 e. The Hall–Kier alpha value is -3.48. The van der Waals surface area contributed by atoms with Gasteiger partial charge in [0.15, 0.2) is 0 Å². The van der Waals surface area contributed by atoms with Crippen LogP contribution in [0.1, 0.15) is 41.1 Å². The molecule has 7 heteroatoms. The molecule has 0 unspecified atom stereocenters. The topological polar surface area (TPSA) is 97.1 Å². The third-order valence-corrected chi connectivity index (χ3v) is 4.70. The van der Waals surface area contributed by atoms with Crippen molar-refractivity contribution < 1.29 is 14.1 Å². The highest BCUT2D eigenvalue weighted by Crippen LogP contribution is 2.22. The zero-order chi connectivity index (χ0) is 20.2. The van der Waals surface area contributed by atoms with Gasteiger partial charge in [-0.3, -0.25) is 9.59 Å². The van der Waals surface area contributed by atoms with Gasteiger partial charge in [-0.25, -0.2) is 0 Å². The van der Waals surface area contributed by atoms with Crippen LogP contribution in [0.3, 0.4) is 0 Å². The van der Waals surface area contributed by atoms with Crippen molar-refractivity contribution in [2.45, 2.75) is 38.6 Å². The number of carbonyl (C=O) groups excluding carboxylic acids is 2. The van der Waals surface area contributed by atoms with E-state index in [9.17, 15) is 9.59 Å². The summed E-state index contributed by atoms with van der Waals surface area (Å²) in [5.74, 6) is 0.521. The van der Waals surface area contributed by atoms with Gasteiger partial charge in [0.05, 0.1) is 11.3 Å². The Morgan fingerprint density at radius 3 is 2.62 bits per heavy atom. The Bertz CT molecular complexity index is 1020. The molecule has 2 N–H and O–H groups in total. The second-order valence-electron chi connectivity index (χ2n) is 7.22. The zero-order valence-electron chi connectivity index (χ0n) is 16.1. The van der Waals surface area contributed by atoms with Crippen LogP contribution in [0, 0.1) is 6.92 Å². The summed E-state index contributed by atoms with van der Waals surface area (Å²) < 4.78 is 5.26. The lowest BCUT2D eigenvalue weighted by molar-refractivity contribution is -0.116. The van der Waals surface area contributed by atoms with Crippen molar-refractivity contribution in [3.8, 4) is 11.4 Å². The normalized spacial score (nSPS) is 13.1. The van der Waals surface area contributed by atoms with E-state index >= 15 is 0 Å². The number of aromatic nitrogens is 2. The summed E-state index contributed by atoms with van der Waals surface area (Å²) in [6, 6.07) is 15.1. The van der Waals surface area contributed by atoms with Gasteiger partial charge in [-0.2, -0.15) is 4.98 Å². The van der Waals surface area contributed by atoms with Crippen molar-refractivity contribution in [3.05, 3.63) is 65.5 Å². The number of nitrogens with zero attached hydrogens (tertiary/aromatic N) is 2. The van der Waals surface area contributed by atoms with Gasteiger partial charge in [-0.05, 0) is 31.9 Å². The first-order valence-electron chi connectivity index (χ1n) is 9.68. The van der Waals surface area contributed by atoms with Crippen LogP contribution in [0.25, 0.3) is 11.4 Å². The molecule has 1 aliphatic rings. The lowest BCUT2D eigenvalue weighted by atomic mass is 10.1. The Morgan fingerprint density at radius 1 is 1.10 bits per heavy atom. The molecule has 3 aromatic rings. The van der Waals surface area contributed by atoms with E-state index < -0.39 is 0 Å². The number of rotatable bonds is 7.